The highest BCUT2D eigenvalue weighted by molar-refractivity contribution is 9.10. The van der Waals surface area contributed by atoms with Crippen LogP contribution in [0.2, 0.25) is 0 Å². The Labute approximate surface area is 137 Å². The monoisotopic (exact) mass is 393 g/mol. The third kappa shape index (κ3) is 2.94. The molecular formula is C17H17Br2N. The summed E-state index contributed by atoms with van der Waals surface area (Å²) in [6.45, 7) is 2.13. The summed E-state index contributed by atoms with van der Waals surface area (Å²) in [4.78, 5) is 2.51. The lowest BCUT2D eigenvalue weighted by Crippen LogP contribution is -2.23. The molecule has 0 saturated heterocycles. The van der Waals surface area contributed by atoms with Crippen LogP contribution in [0.5, 0.6) is 0 Å². The van der Waals surface area contributed by atoms with E-state index >= 15 is 0 Å². The number of hydrogen-bond acceptors (Lipinski definition) is 1. The number of fused-ring (bicyclic) bond motifs is 1. The van der Waals surface area contributed by atoms with E-state index < -0.39 is 0 Å². The molecular weight excluding hydrogens is 378 g/mol. The van der Waals surface area contributed by atoms with E-state index in [2.05, 4.69) is 79.2 Å². The quantitative estimate of drug-likeness (QED) is 0.625. The highest BCUT2D eigenvalue weighted by Crippen LogP contribution is 2.30. The summed E-state index contributed by atoms with van der Waals surface area (Å²) in [6, 6.07) is 15.4. The van der Waals surface area contributed by atoms with Gasteiger partial charge in [0.25, 0.3) is 0 Å². The van der Waals surface area contributed by atoms with Crippen LogP contribution in [0.4, 0.5) is 5.69 Å². The van der Waals surface area contributed by atoms with Crippen molar-refractivity contribution in [1.29, 1.82) is 0 Å². The van der Waals surface area contributed by atoms with Crippen LogP contribution in [0.3, 0.4) is 0 Å². The molecule has 3 rings (SSSR count). The fourth-order valence-corrected chi connectivity index (χ4v) is 3.73. The smallest absolute Gasteiger partial charge is 0.0432 e. The average Bonchev–Trinajstić information content (AvgIpc) is 2.69. The first-order valence-corrected chi connectivity index (χ1v) is 8.85. The highest BCUT2D eigenvalue weighted by Gasteiger charge is 2.16. The number of hydrogen-bond donors (Lipinski definition) is 0. The Bertz CT molecular complexity index is 610. The summed E-state index contributed by atoms with van der Waals surface area (Å²) in [5, 5.41) is 0.889. The molecule has 1 aliphatic rings. The minimum atomic E-state index is 0.889. The zero-order valence-electron chi connectivity index (χ0n) is 11.3. The zero-order valence-corrected chi connectivity index (χ0v) is 14.5. The summed E-state index contributed by atoms with van der Waals surface area (Å²) in [7, 11) is 0. The molecule has 1 aliphatic heterocycles. The second-order valence-electron chi connectivity index (χ2n) is 5.20. The van der Waals surface area contributed by atoms with Gasteiger partial charge in [-0.05, 0) is 47.7 Å². The van der Waals surface area contributed by atoms with Gasteiger partial charge < -0.3 is 4.90 Å². The van der Waals surface area contributed by atoms with Crippen molar-refractivity contribution >= 4 is 37.5 Å². The Kier molecular flexibility index (Phi) is 4.47. The van der Waals surface area contributed by atoms with Crippen LogP contribution in [-0.4, -0.2) is 6.54 Å². The molecule has 0 amide bonds. The number of aryl methyl sites for hydroxylation is 1. The largest absolute Gasteiger partial charge is 0.367 e. The van der Waals surface area contributed by atoms with Crippen LogP contribution in [0.15, 0.2) is 46.9 Å². The van der Waals surface area contributed by atoms with E-state index in [1.165, 1.54) is 35.2 Å². The number of nitrogens with zero attached hydrogens (tertiary/aromatic N) is 1. The molecule has 0 fully saturated rings. The van der Waals surface area contributed by atoms with E-state index in [1.807, 2.05) is 0 Å². The van der Waals surface area contributed by atoms with Crippen molar-refractivity contribution in [2.75, 3.05) is 11.4 Å². The van der Waals surface area contributed by atoms with Gasteiger partial charge in [-0.1, -0.05) is 56.1 Å². The van der Waals surface area contributed by atoms with Crippen molar-refractivity contribution in [3.63, 3.8) is 0 Å². The number of rotatable bonds is 2. The van der Waals surface area contributed by atoms with Gasteiger partial charge in [0, 0.05) is 28.6 Å². The van der Waals surface area contributed by atoms with Gasteiger partial charge in [0.1, 0.15) is 0 Å². The third-order valence-corrected chi connectivity index (χ3v) is 4.98. The first kappa shape index (κ1) is 14.2. The number of halogens is 2. The van der Waals surface area contributed by atoms with Crippen molar-refractivity contribution in [3.05, 3.63) is 63.6 Å². The maximum Gasteiger partial charge on any atom is 0.0432 e. The Morgan fingerprint density at radius 1 is 1.05 bits per heavy atom. The van der Waals surface area contributed by atoms with Gasteiger partial charge in [-0.25, -0.2) is 0 Å². The molecule has 0 saturated carbocycles. The van der Waals surface area contributed by atoms with Crippen LogP contribution >= 0.6 is 31.9 Å². The Balaban J connectivity index is 1.95. The maximum atomic E-state index is 3.61. The van der Waals surface area contributed by atoms with Crippen LogP contribution in [0.25, 0.3) is 0 Å². The lowest BCUT2D eigenvalue weighted by atomic mass is 10.0. The van der Waals surface area contributed by atoms with E-state index in [-0.39, 0.29) is 0 Å². The minimum Gasteiger partial charge on any atom is -0.367 e. The van der Waals surface area contributed by atoms with Crippen molar-refractivity contribution in [2.45, 2.75) is 24.7 Å². The zero-order chi connectivity index (χ0) is 13.9. The Morgan fingerprint density at radius 2 is 1.85 bits per heavy atom. The molecule has 104 valence electrons. The second-order valence-corrected chi connectivity index (χ2v) is 6.68. The maximum absolute atomic E-state index is 3.61. The predicted octanol–water partition coefficient (Wildman–Crippen LogP) is 5.30. The van der Waals surface area contributed by atoms with E-state index in [1.54, 1.807) is 0 Å². The van der Waals surface area contributed by atoms with E-state index in [4.69, 9.17) is 0 Å². The summed E-state index contributed by atoms with van der Waals surface area (Å²) < 4.78 is 1.14. The summed E-state index contributed by atoms with van der Waals surface area (Å²) in [5.41, 5.74) is 5.67. The van der Waals surface area contributed by atoms with Crippen LogP contribution in [0, 0.1) is 0 Å². The molecule has 0 unspecified atom stereocenters. The van der Waals surface area contributed by atoms with Gasteiger partial charge in [-0.15, -0.1) is 0 Å². The molecule has 3 heteroatoms. The molecule has 0 aliphatic carbocycles. The highest BCUT2D eigenvalue weighted by atomic mass is 79.9. The molecule has 0 N–H and O–H groups in total. The molecule has 0 radical (unpaired) electrons. The van der Waals surface area contributed by atoms with Gasteiger partial charge in [0.15, 0.2) is 0 Å². The molecule has 2 aromatic rings. The summed E-state index contributed by atoms with van der Waals surface area (Å²) in [6.07, 6.45) is 2.40. The first-order valence-electron chi connectivity index (χ1n) is 6.94. The van der Waals surface area contributed by atoms with E-state index in [0.29, 0.717) is 0 Å². The molecule has 0 bridgehead atoms. The molecule has 0 atom stereocenters. The lowest BCUT2D eigenvalue weighted by molar-refractivity contribution is 0.763. The van der Waals surface area contributed by atoms with Gasteiger partial charge in [-0.2, -0.15) is 0 Å². The predicted molar refractivity (Wildman–Crippen MR) is 92.6 cm³/mol. The molecule has 20 heavy (non-hydrogen) atoms. The van der Waals surface area contributed by atoms with Crippen LogP contribution < -0.4 is 4.90 Å². The topological polar surface area (TPSA) is 3.24 Å². The number of alkyl halides is 1. The van der Waals surface area contributed by atoms with Crippen LogP contribution in [0.1, 0.15) is 23.1 Å². The average molecular weight is 395 g/mol. The van der Waals surface area contributed by atoms with E-state index in [0.717, 1.165) is 22.9 Å². The second kappa shape index (κ2) is 6.31. The van der Waals surface area contributed by atoms with Crippen molar-refractivity contribution in [2.24, 2.45) is 0 Å². The number of anilines is 1. The molecule has 0 spiro atoms. The van der Waals surface area contributed by atoms with Gasteiger partial charge in [-0.3, -0.25) is 0 Å². The Morgan fingerprint density at radius 3 is 2.65 bits per heavy atom. The third-order valence-electron chi connectivity index (χ3n) is 3.88. The minimum absolute atomic E-state index is 0.889. The van der Waals surface area contributed by atoms with Crippen molar-refractivity contribution in [3.8, 4) is 0 Å². The van der Waals surface area contributed by atoms with Crippen LogP contribution in [-0.2, 0) is 18.3 Å². The van der Waals surface area contributed by atoms with Gasteiger partial charge >= 0.3 is 0 Å². The summed E-state index contributed by atoms with van der Waals surface area (Å²) in [5.74, 6) is 0. The van der Waals surface area contributed by atoms with Crippen molar-refractivity contribution < 1.29 is 0 Å². The first-order chi connectivity index (χ1) is 9.78. The number of benzene rings is 2. The lowest BCUT2D eigenvalue weighted by Gasteiger charge is -2.25. The normalized spacial score (nSPS) is 14.8. The molecule has 2 aromatic carbocycles. The summed E-state index contributed by atoms with van der Waals surface area (Å²) >= 11 is 7.18. The molecule has 0 aromatic heterocycles. The molecule has 1 heterocycles. The van der Waals surface area contributed by atoms with Crippen molar-refractivity contribution in [1.82, 2.24) is 0 Å². The fourth-order valence-electron chi connectivity index (χ4n) is 2.88. The standard InChI is InChI=1S/C17H17Br2N/c18-11-15-10-16(19)7-8-17(15)20-9-3-6-13-4-1-2-5-14(13)12-20/h1-2,4-5,7-8,10H,3,6,9,11-12H2. The van der Waals surface area contributed by atoms with E-state index in [9.17, 15) is 0 Å². The molecule has 1 nitrogen and oxygen atoms in total. The van der Waals surface area contributed by atoms with Gasteiger partial charge in [0.2, 0.25) is 0 Å². The fraction of sp³-hybridized carbons (Fsp3) is 0.294. The SMILES string of the molecule is BrCc1cc(Br)ccc1N1CCCc2ccccc2C1. The Hall–Kier alpha value is -0.800. The van der Waals surface area contributed by atoms with Gasteiger partial charge in [0.05, 0.1) is 0 Å².